The second kappa shape index (κ2) is 11.6. The van der Waals surface area contributed by atoms with E-state index in [0.717, 1.165) is 61.3 Å². The Morgan fingerprint density at radius 2 is 1.09 bits per heavy atom. The second-order valence-corrected chi connectivity index (χ2v) is 14.9. The van der Waals surface area contributed by atoms with Crippen molar-refractivity contribution >= 4 is 60.8 Å². The van der Waals surface area contributed by atoms with Crippen LogP contribution in [0.25, 0.3) is 71.7 Å². The minimum absolute atomic E-state index is 0.153. The third kappa shape index (κ3) is 4.36. The van der Waals surface area contributed by atoms with Crippen molar-refractivity contribution in [3.8, 4) is 27.9 Å². The van der Waals surface area contributed by atoms with Crippen LogP contribution in [0.15, 0.2) is 186 Å². The Morgan fingerprint density at radius 3 is 1.98 bits per heavy atom. The van der Waals surface area contributed by atoms with Crippen LogP contribution >= 0.6 is 0 Å². The molecule has 0 fully saturated rings. The SMILES string of the molecule is CC1(C)c2ccccc2-c2ccc(N(c3ccccc3-c3cccc4oc5ccccc5c34)c3cccc4c5ccccc5n(-c5ccccc5)c34)cc21. The van der Waals surface area contributed by atoms with Gasteiger partial charge in [0.05, 0.1) is 22.4 Å². The number of aromatic nitrogens is 1. The lowest BCUT2D eigenvalue weighted by atomic mass is 9.82. The van der Waals surface area contributed by atoms with E-state index < -0.39 is 0 Å². The molecule has 0 saturated heterocycles. The Balaban J connectivity index is 1.25. The van der Waals surface area contributed by atoms with Crippen molar-refractivity contribution in [3.05, 3.63) is 193 Å². The van der Waals surface area contributed by atoms with Gasteiger partial charge in [-0.05, 0) is 82.4 Å². The summed E-state index contributed by atoms with van der Waals surface area (Å²) in [6.07, 6.45) is 0. The van der Waals surface area contributed by atoms with Crippen molar-refractivity contribution in [2.45, 2.75) is 19.3 Å². The van der Waals surface area contributed by atoms with Crippen molar-refractivity contribution < 1.29 is 4.42 Å². The number of benzene rings is 8. The van der Waals surface area contributed by atoms with Gasteiger partial charge < -0.3 is 13.9 Å². The number of nitrogens with zero attached hydrogens (tertiary/aromatic N) is 2. The minimum atomic E-state index is -0.153. The Kier molecular flexibility index (Phi) is 6.60. The van der Waals surface area contributed by atoms with Crippen LogP contribution in [-0.4, -0.2) is 4.57 Å². The highest BCUT2D eigenvalue weighted by Gasteiger charge is 2.36. The van der Waals surface area contributed by atoms with Crippen LogP contribution in [0.3, 0.4) is 0 Å². The van der Waals surface area contributed by atoms with Gasteiger partial charge in [-0.15, -0.1) is 0 Å². The van der Waals surface area contributed by atoms with Crippen molar-refractivity contribution in [2.24, 2.45) is 0 Å². The summed E-state index contributed by atoms with van der Waals surface area (Å²) in [6, 6.07) is 66.0. The van der Waals surface area contributed by atoms with Crippen LogP contribution < -0.4 is 4.90 Å². The molecule has 54 heavy (non-hydrogen) atoms. The molecule has 256 valence electrons. The molecule has 11 rings (SSSR count). The summed E-state index contributed by atoms with van der Waals surface area (Å²) >= 11 is 0. The van der Waals surface area contributed by atoms with Gasteiger partial charge in [-0.1, -0.05) is 141 Å². The Hall–Kier alpha value is -6.84. The molecular weight excluding hydrogens is 657 g/mol. The maximum Gasteiger partial charge on any atom is 0.136 e. The van der Waals surface area contributed by atoms with E-state index in [2.05, 4.69) is 199 Å². The quantitative estimate of drug-likeness (QED) is 0.179. The normalized spacial score (nSPS) is 13.1. The van der Waals surface area contributed by atoms with E-state index >= 15 is 0 Å². The zero-order valence-electron chi connectivity index (χ0n) is 30.1. The van der Waals surface area contributed by atoms with Crippen LogP contribution in [0, 0.1) is 0 Å². The molecule has 0 aliphatic heterocycles. The van der Waals surface area contributed by atoms with Gasteiger partial charge in [0.15, 0.2) is 0 Å². The monoisotopic (exact) mass is 692 g/mol. The number of para-hydroxylation sites is 5. The van der Waals surface area contributed by atoms with Crippen LogP contribution in [0.1, 0.15) is 25.0 Å². The van der Waals surface area contributed by atoms with Crippen LogP contribution in [-0.2, 0) is 5.41 Å². The molecule has 3 nitrogen and oxygen atoms in total. The number of rotatable bonds is 5. The summed E-state index contributed by atoms with van der Waals surface area (Å²) < 4.78 is 8.86. The second-order valence-electron chi connectivity index (χ2n) is 14.9. The highest BCUT2D eigenvalue weighted by atomic mass is 16.3. The lowest BCUT2D eigenvalue weighted by Crippen LogP contribution is -2.17. The van der Waals surface area contributed by atoms with E-state index in [1.807, 2.05) is 6.07 Å². The Morgan fingerprint density at radius 1 is 0.463 bits per heavy atom. The van der Waals surface area contributed by atoms with Gasteiger partial charge in [-0.3, -0.25) is 0 Å². The van der Waals surface area contributed by atoms with Crippen molar-refractivity contribution in [2.75, 3.05) is 4.90 Å². The zero-order chi connectivity index (χ0) is 36.0. The molecule has 2 aromatic heterocycles. The predicted molar refractivity (Wildman–Crippen MR) is 226 cm³/mol. The summed E-state index contributed by atoms with van der Waals surface area (Å²) in [5, 5.41) is 4.69. The van der Waals surface area contributed by atoms with E-state index in [9.17, 15) is 0 Å². The molecule has 0 N–H and O–H groups in total. The molecule has 1 aliphatic carbocycles. The van der Waals surface area contributed by atoms with E-state index in [1.54, 1.807) is 0 Å². The Bertz CT molecular complexity index is 3090. The summed E-state index contributed by atoms with van der Waals surface area (Å²) in [4.78, 5) is 2.50. The largest absolute Gasteiger partial charge is 0.456 e. The molecule has 0 unspecified atom stereocenters. The maximum atomic E-state index is 6.43. The standard InChI is InChI=1S/C51H36N2O/c1-51(2)42-24-10-6-18-35(42)36-31-30-34(32-43(36)51)52(44-25-11-7-19-37(44)39-22-15-29-48-49(39)41-21-9-13-28-47(41)54-48)46-27-14-23-40-38-20-8-12-26-45(38)53(50(40)46)33-16-4-3-5-17-33/h3-32H,1-2H3. The fourth-order valence-corrected chi connectivity index (χ4v) is 9.16. The van der Waals surface area contributed by atoms with Gasteiger partial charge in [0.25, 0.3) is 0 Å². The van der Waals surface area contributed by atoms with Crippen molar-refractivity contribution in [1.29, 1.82) is 0 Å². The first-order valence-electron chi connectivity index (χ1n) is 18.7. The molecule has 3 heteroatoms. The highest BCUT2D eigenvalue weighted by molar-refractivity contribution is 6.16. The average molecular weight is 693 g/mol. The van der Waals surface area contributed by atoms with Gasteiger partial charge in [-0.25, -0.2) is 0 Å². The first kappa shape index (κ1) is 30.8. The van der Waals surface area contributed by atoms with Gasteiger partial charge in [0, 0.05) is 43.9 Å². The highest BCUT2D eigenvalue weighted by Crippen LogP contribution is 2.53. The van der Waals surface area contributed by atoms with Crippen LogP contribution in [0.5, 0.6) is 0 Å². The molecule has 0 saturated carbocycles. The minimum Gasteiger partial charge on any atom is -0.456 e. The Labute approximate surface area is 314 Å². The first-order valence-corrected chi connectivity index (χ1v) is 18.7. The van der Waals surface area contributed by atoms with Gasteiger partial charge in [0.1, 0.15) is 11.2 Å². The fraction of sp³-hybridized carbons (Fsp3) is 0.0588. The smallest absolute Gasteiger partial charge is 0.136 e. The summed E-state index contributed by atoms with van der Waals surface area (Å²) in [5.41, 5.74) is 16.0. The van der Waals surface area contributed by atoms with Gasteiger partial charge in [0.2, 0.25) is 0 Å². The van der Waals surface area contributed by atoms with Gasteiger partial charge >= 0.3 is 0 Å². The molecule has 1 aliphatic rings. The molecule has 0 spiro atoms. The van der Waals surface area contributed by atoms with Gasteiger partial charge in [-0.2, -0.15) is 0 Å². The number of furan rings is 1. The number of fused-ring (bicyclic) bond motifs is 9. The molecule has 8 aromatic carbocycles. The molecule has 0 amide bonds. The zero-order valence-corrected chi connectivity index (χ0v) is 30.1. The van der Waals surface area contributed by atoms with E-state index in [1.165, 1.54) is 38.5 Å². The lowest BCUT2D eigenvalue weighted by Gasteiger charge is -2.31. The molecule has 0 bridgehead atoms. The number of hydrogen-bond acceptors (Lipinski definition) is 2. The predicted octanol–water partition coefficient (Wildman–Crippen LogP) is 14.1. The third-order valence-corrected chi connectivity index (χ3v) is 11.6. The third-order valence-electron chi connectivity index (χ3n) is 11.6. The number of anilines is 3. The summed E-state index contributed by atoms with van der Waals surface area (Å²) in [7, 11) is 0. The lowest BCUT2D eigenvalue weighted by molar-refractivity contribution is 0.660. The van der Waals surface area contributed by atoms with Crippen molar-refractivity contribution in [3.63, 3.8) is 0 Å². The van der Waals surface area contributed by atoms with E-state index in [-0.39, 0.29) is 5.41 Å². The van der Waals surface area contributed by atoms with Crippen LogP contribution in [0.2, 0.25) is 0 Å². The van der Waals surface area contributed by atoms with Crippen LogP contribution in [0.4, 0.5) is 17.1 Å². The van der Waals surface area contributed by atoms with Crippen molar-refractivity contribution in [1.82, 2.24) is 4.57 Å². The molecule has 0 atom stereocenters. The van der Waals surface area contributed by atoms with E-state index in [4.69, 9.17) is 4.42 Å². The summed E-state index contributed by atoms with van der Waals surface area (Å²) in [6.45, 7) is 4.72. The molecular formula is C51H36N2O. The fourth-order valence-electron chi connectivity index (χ4n) is 9.16. The topological polar surface area (TPSA) is 21.3 Å². The average Bonchev–Trinajstić information content (AvgIpc) is 3.85. The first-order chi connectivity index (χ1) is 26.6. The molecule has 2 heterocycles. The van der Waals surface area contributed by atoms with E-state index in [0.29, 0.717) is 0 Å². The number of hydrogen-bond donors (Lipinski definition) is 0. The molecule has 10 aromatic rings. The summed E-state index contributed by atoms with van der Waals surface area (Å²) in [5.74, 6) is 0. The maximum absolute atomic E-state index is 6.43. The molecule has 0 radical (unpaired) electrons.